The van der Waals surface area contributed by atoms with Crippen LogP contribution in [0.15, 0.2) is 65.7 Å². The van der Waals surface area contributed by atoms with Gasteiger partial charge in [0.1, 0.15) is 0 Å². The highest BCUT2D eigenvalue weighted by Gasteiger charge is 2.47. The lowest BCUT2D eigenvalue weighted by molar-refractivity contribution is 0.0598. The van der Waals surface area contributed by atoms with E-state index in [9.17, 15) is 13.2 Å². The van der Waals surface area contributed by atoms with Crippen LogP contribution in [0.3, 0.4) is 0 Å². The minimum atomic E-state index is -3.37. The van der Waals surface area contributed by atoms with E-state index in [1.54, 1.807) is 24.3 Å². The number of amides is 1. The number of carbonyl (C=O) groups is 1. The van der Waals surface area contributed by atoms with Crippen molar-refractivity contribution in [3.8, 4) is 0 Å². The Bertz CT molecular complexity index is 1120. The zero-order valence-electron chi connectivity index (χ0n) is 15.4. The van der Waals surface area contributed by atoms with Crippen LogP contribution in [0.1, 0.15) is 36.0 Å². The highest BCUT2D eigenvalue weighted by Crippen LogP contribution is 2.40. The molecule has 1 N–H and O–H groups in total. The fourth-order valence-electron chi connectivity index (χ4n) is 4.85. The molecule has 2 unspecified atom stereocenters. The number of piperidine rings is 1. The quantitative estimate of drug-likeness (QED) is 0.735. The first kappa shape index (κ1) is 17.5. The van der Waals surface area contributed by atoms with E-state index < -0.39 is 15.1 Å². The molecule has 144 valence electrons. The second kappa shape index (κ2) is 6.48. The molecule has 1 aromatic heterocycles. The van der Waals surface area contributed by atoms with E-state index in [0.717, 1.165) is 23.7 Å². The average Bonchev–Trinajstić information content (AvgIpc) is 3.29. The maximum atomic E-state index is 13.2. The summed E-state index contributed by atoms with van der Waals surface area (Å²) < 4.78 is 26.1. The van der Waals surface area contributed by atoms with Gasteiger partial charge in [0.05, 0.1) is 10.1 Å². The summed E-state index contributed by atoms with van der Waals surface area (Å²) in [5, 5.41) is 0.600. The summed E-state index contributed by atoms with van der Waals surface area (Å²) in [5.74, 6) is 0.0196. The summed E-state index contributed by atoms with van der Waals surface area (Å²) in [5.41, 5.74) is 1.68. The van der Waals surface area contributed by atoms with Crippen molar-refractivity contribution in [3.63, 3.8) is 0 Å². The van der Waals surface area contributed by atoms with Gasteiger partial charge >= 0.3 is 0 Å². The number of carbonyl (C=O) groups excluding carboxylic acids is 1. The Labute approximate surface area is 164 Å². The van der Waals surface area contributed by atoms with E-state index in [4.69, 9.17) is 0 Å². The van der Waals surface area contributed by atoms with Crippen LogP contribution in [0.4, 0.5) is 0 Å². The molecule has 3 aromatic rings. The Balaban J connectivity index is 1.40. The van der Waals surface area contributed by atoms with Crippen molar-refractivity contribution < 1.29 is 13.2 Å². The summed E-state index contributed by atoms with van der Waals surface area (Å²) in [6.45, 7) is 0. The molecule has 2 bridgehead atoms. The average molecular weight is 394 g/mol. The molecular formula is C22H22N2O3S. The molecule has 5 nitrogen and oxygen atoms in total. The Morgan fingerprint density at radius 1 is 0.964 bits per heavy atom. The van der Waals surface area contributed by atoms with Crippen LogP contribution in [0.5, 0.6) is 0 Å². The predicted molar refractivity (Wildman–Crippen MR) is 108 cm³/mol. The number of H-pyrrole nitrogens is 1. The van der Waals surface area contributed by atoms with Crippen LogP contribution in [0.25, 0.3) is 10.9 Å². The highest BCUT2D eigenvalue weighted by molar-refractivity contribution is 7.92. The summed E-state index contributed by atoms with van der Waals surface area (Å²) in [4.78, 5) is 18.7. The van der Waals surface area contributed by atoms with Gasteiger partial charge in [-0.2, -0.15) is 0 Å². The first-order valence-electron chi connectivity index (χ1n) is 9.73. The Hall–Kier alpha value is -2.60. The van der Waals surface area contributed by atoms with Gasteiger partial charge in [0.2, 0.25) is 0 Å². The Morgan fingerprint density at radius 3 is 2.39 bits per heavy atom. The van der Waals surface area contributed by atoms with Crippen LogP contribution >= 0.6 is 0 Å². The van der Waals surface area contributed by atoms with Crippen molar-refractivity contribution in [1.82, 2.24) is 9.88 Å². The summed E-state index contributed by atoms with van der Waals surface area (Å²) in [6, 6.07) is 16.3. The fourth-order valence-corrected chi connectivity index (χ4v) is 6.72. The maximum absolute atomic E-state index is 13.2. The van der Waals surface area contributed by atoms with Gasteiger partial charge in [0.25, 0.3) is 5.91 Å². The SMILES string of the molecule is O=C(c1ccc2[nH]ccc2c1)N1C2CCC1CC(S(=O)(=O)c1ccccc1)C2. The number of fused-ring (bicyclic) bond motifs is 3. The molecule has 2 saturated heterocycles. The van der Waals surface area contributed by atoms with E-state index in [-0.39, 0.29) is 18.0 Å². The molecule has 0 aliphatic carbocycles. The summed E-state index contributed by atoms with van der Waals surface area (Å²) in [7, 11) is -3.37. The van der Waals surface area contributed by atoms with Crippen LogP contribution < -0.4 is 0 Å². The molecule has 3 heterocycles. The number of benzene rings is 2. The van der Waals surface area contributed by atoms with Crippen molar-refractivity contribution in [1.29, 1.82) is 0 Å². The van der Waals surface area contributed by atoms with E-state index >= 15 is 0 Å². The minimum absolute atomic E-state index is 0.00309. The van der Waals surface area contributed by atoms with Crippen LogP contribution in [-0.4, -0.2) is 41.5 Å². The highest BCUT2D eigenvalue weighted by atomic mass is 32.2. The molecule has 28 heavy (non-hydrogen) atoms. The second-order valence-electron chi connectivity index (χ2n) is 7.83. The second-order valence-corrected chi connectivity index (χ2v) is 10.1. The predicted octanol–water partition coefficient (Wildman–Crippen LogP) is 3.78. The number of aromatic nitrogens is 1. The van der Waals surface area contributed by atoms with Crippen LogP contribution in [-0.2, 0) is 9.84 Å². The van der Waals surface area contributed by atoms with Gasteiger partial charge in [0.15, 0.2) is 9.84 Å². The van der Waals surface area contributed by atoms with Gasteiger partial charge in [0, 0.05) is 34.7 Å². The van der Waals surface area contributed by atoms with Gasteiger partial charge < -0.3 is 9.88 Å². The number of nitrogens with one attached hydrogen (secondary N) is 1. The van der Waals surface area contributed by atoms with Crippen molar-refractivity contribution in [3.05, 3.63) is 66.4 Å². The molecule has 2 aliphatic heterocycles. The molecule has 2 aliphatic rings. The molecule has 0 saturated carbocycles. The molecule has 6 heteroatoms. The molecule has 2 aromatic carbocycles. The Morgan fingerprint density at radius 2 is 1.68 bits per heavy atom. The van der Waals surface area contributed by atoms with Crippen LogP contribution in [0, 0.1) is 0 Å². The van der Waals surface area contributed by atoms with E-state index in [1.165, 1.54) is 0 Å². The molecular weight excluding hydrogens is 372 g/mol. The van der Waals surface area contributed by atoms with Crippen LogP contribution in [0.2, 0.25) is 0 Å². The third-order valence-electron chi connectivity index (χ3n) is 6.24. The number of aromatic amines is 1. The molecule has 2 atom stereocenters. The smallest absolute Gasteiger partial charge is 0.254 e. The zero-order chi connectivity index (χ0) is 19.3. The van der Waals surface area contributed by atoms with E-state index in [1.807, 2.05) is 41.4 Å². The first-order chi connectivity index (χ1) is 13.5. The van der Waals surface area contributed by atoms with Crippen molar-refractivity contribution in [2.45, 2.75) is 47.9 Å². The molecule has 0 spiro atoms. The van der Waals surface area contributed by atoms with Crippen molar-refractivity contribution in [2.24, 2.45) is 0 Å². The van der Waals surface area contributed by atoms with E-state index in [2.05, 4.69) is 4.98 Å². The number of sulfone groups is 1. The van der Waals surface area contributed by atoms with Gasteiger partial charge in [-0.1, -0.05) is 18.2 Å². The number of rotatable bonds is 3. The third kappa shape index (κ3) is 2.75. The minimum Gasteiger partial charge on any atom is -0.361 e. The standard InChI is InChI=1S/C22H22N2O3S/c25-22(16-6-9-21-15(12-16)10-11-23-21)24-17-7-8-18(24)14-20(13-17)28(26,27)19-4-2-1-3-5-19/h1-6,9-12,17-18,20,23H,7-8,13-14H2. The molecule has 5 rings (SSSR count). The van der Waals surface area contributed by atoms with Crippen molar-refractivity contribution in [2.75, 3.05) is 0 Å². The van der Waals surface area contributed by atoms with Gasteiger partial charge in [-0.15, -0.1) is 0 Å². The summed E-state index contributed by atoms with van der Waals surface area (Å²) in [6.07, 6.45) is 4.66. The van der Waals surface area contributed by atoms with E-state index in [0.29, 0.717) is 23.3 Å². The number of hydrogen-bond acceptors (Lipinski definition) is 3. The monoisotopic (exact) mass is 394 g/mol. The zero-order valence-corrected chi connectivity index (χ0v) is 16.2. The third-order valence-corrected chi connectivity index (χ3v) is 8.43. The lowest BCUT2D eigenvalue weighted by Crippen LogP contribution is -2.49. The first-order valence-corrected chi connectivity index (χ1v) is 11.3. The molecule has 1 amide bonds. The Kier molecular flexibility index (Phi) is 4.05. The lowest BCUT2D eigenvalue weighted by atomic mass is 10.0. The molecule has 2 fully saturated rings. The largest absolute Gasteiger partial charge is 0.361 e. The lowest BCUT2D eigenvalue weighted by Gasteiger charge is -2.38. The molecule has 0 radical (unpaired) electrons. The van der Waals surface area contributed by atoms with Gasteiger partial charge in [-0.3, -0.25) is 4.79 Å². The summed E-state index contributed by atoms with van der Waals surface area (Å²) >= 11 is 0. The number of hydrogen-bond donors (Lipinski definition) is 1. The maximum Gasteiger partial charge on any atom is 0.254 e. The topological polar surface area (TPSA) is 70.2 Å². The normalized spacial score (nSPS) is 24.6. The van der Waals surface area contributed by atoms with Crippen molar-refractivity contribution >= 4 is 26.6 Å². The number of nitrogens with zero attached hydrogens (tertiary/aromatic N) is 1. The van der Waals surface area contributed by atoms with Gasteiger partial charge in [-0.05, 0) is 62.1 Å². The fraction of sp³-hybridized carbons (Fsp3) is 0.318. The van der Waals surface area contributed by atoms with Gasteiger partial charge in [-0.25, -0.2) is 8.42 Å².